The molecule has 0 bridgehead atoms. The molecule has 0 saturated carbocycles. The number of aliphatic hydroxyl groups excluding tert-OH is 1. The number of hydrogen-bond donors (Lipinski definition) is 1. The van der Waals surface area contributed by atoms with Gasteiger partial charge in [0.1, 0.15) is 5.69 Å². The molecule has 2 fully saturated rings. The van der Waals surface area contributed by atoms with Crippen LogP contribution in [0.1, 0.15) is 23.3 Å². The van der Waals surface area contributed by atoms with Gasteiger partial charge in [0.05, 0.1) is 0 Å². The summed E-state index contributed by atoms with van der Waals surface area (Å²) in [6.45, 7) is 4.90. The summed E-state index contributed by atoms with van der Waals surface area (Å²) < 4.78 is 1.99. The zero-order chi connectivity index (χ0) is 17.4. The monoisotopic (exact) mass is 341 g/mol. The normalized spacial score (nSPS) is 24.5. The Morgan fingerprint density at radius 3 is 2.60 bits per heavy atom. The van der Waals surface area contributed by atoms with Gasteiger partial charge in [0, 0.05) is 50.1 Å². The maximum absolute atomic E-state index is 13.1. The minimum atomic E-state index is 0.0843. The fourth-order valence-corrected chi connectivity index (χ4v) is 4.47. The highest BCUT2D eigenvalue weighted by atomic mass is 16.3. The molecule has 2 aliphatic rings. The molecule has 2 saturated heterocycles. The largest absolute Gasteiger partial charge is 0.396 e. The lowest BCUT2D eigenvalue weighted by atomic mass is 9.96. The average Bonchev–Trinajstić information content (AvgIpc) is 3.35. The second-order valence-corrected chi connectivity index (χ2v) is 7.57. The number of amides is 1. The van der Waals surface area contributed by atoms with Crippen molar-refractivity contribution in [2.24, 2.45) is 18.9 Å². The number of aryl methyl sites for hydroxylation is 1. The lowest BCUT2D eigenvalue weighted by Gasteiger charge is -2.22. The van der Waals surface area contributed by atoms with E-state index in [1.54, 1.807) is 0 Å². The van der Waals surface area contributed by atoms with Crippen LogP contribution in [0.3, 0.4) is 0 Å². The minimum Gasteiger partial charge on any atom is -0.396 e. The fourth-order valence-electron chi connectivity index (χ4n) is 4.47. The van der Waals surface area contributed by atoms with Gasteiger partial charge in [-0.1, -0.05) is 18.2 Å². The molecule has 1 aromatic carbocycles. The maximum Gasteiger partial charge on any atom is 0.270 e. The van der Waals surface area contributed by atoms with Crippen molar-refractivity contribution in [3.8, 4) is 0 Å². The molecule has 5 heteroatoms. The van der Waals surface area contributed by atoms with Crippen LogP contribution < -0.4 is 0 Å². The summed E-state index contributed by atoms with van der Waals surface area (Å²) in [5.41, 5.74) is 1.82. The van der Waals surface area contributed by atoms with Gasteiger partial charge >= 0.3 is 0 Å². The number of carbonyl (C=O) groups is 1. The smallest absolute Gasteiger partial charge is 0.270 e. The molecule has 4 rings (SSSR count). The van der Waals surface area contributed by atoms with Gasteiger partial charge in [-0.15, -0.1) is 0 Å². The first-order chi connectivity index (χ1) is 12.2. The van der Waals surface area contributed by atoms with Crippen LogP contribution in [-0.4, -0.2) is 64.7 Å². The van der Waals surface area contributed by atoms with Crippen LogP contribution in [0.5, 0.6) is 0 Å². The van der Waals surface area contributed by atoms with E-state index >= 15 is 0 Å². The number of nitrogens with zero attached hydrogens (tertiary/aromatic N) is 3. The van der Waals surface area contributed by atoms with E-state index in [0.29, 0.717) is 12.5 Å². The van der Waals surface area contributed by atoms with Gasteiger partial charge in [-0.25, -0.2) is 0 Å². The highest BCUT2D eigenvalue weighted by Gasteiger charge is 2.37. The van der Waals surface area contributed by atoms with Crippen LogP contribution in [0.15, 0.2) is 30.3 Å². The van der Waals surface area contributed by atoms with Crippen molar-refractivity contribution < 1.29 is 9.90 Å². The Hall–Kier alpha value is -1.85. The summed E-state index contributed by atoms with van der Waals surface area (Å²) >= 11 is 0. The molecular formula is C20H27N3O2. The van der Waals surface area contributed by atoms with Crippen molar-refractivity contribution in [3.05, 3.63) is 36.0 Å². The van der Waals surface area contributed by atoms with Gasteiger partial charge in [0.2, 0.25) is 0 Å². The van der Waals surface area contributed by atoms with Crippen molar-refractivity contribution in [2.45, 2.75) is 12.8 Å². The number of carbonyl (C=O) groups excluding carboxylic acids is 1. The number of aromatic nitrogens is 1. The van der Waals surface area contributed by atoms with Crippen LogP contribution >= 0.6 is 0 Å². The summed E-state index contributed by atoms with van der Waals surface area (Å²) in [5.74, 6) is 0.655. The fraction of sp³-hybridized carbons (Fsp3) is 0.550. The Balaban J connectivity index is 1.52. The predicted octanol–water partition coefficient (Wildman–Crippen LogP) is 1.95. The summed E-state index contributed by atoms with van der Waals surface area (Å²) in [6.07, 6.45) is 2.55. The third-order valence-corrected chi connectivity index (χ3v) is 5.96. The van der Waals surface area contributed by atoms with Crippen molar-refractivity contribution in [3.63, 3.8) is 0 Å². The second-order valence-electron chi connectivity index (χ2n) is 7.57. The lowest BCUT2D eigenvalue weighted by Crippen LogP contribution is -2.33. The molecule has 2 aliphatic heterocycles. The molecule has 1 aromatic heterocycles. The van der Waals surface area contributed by atoms with E-state index in [2.05, 4.69) is 4.90 Å². The molecule has 2 aromatic rings. The molecule has 25 heavy (non-hydrogen) atoms. The van der Waals surface area contributed by atoms with Crippen molar-refractivity contribution in [2.75, 3.05) is 39.3 Å². The summed E-state index contributed by atoms with van der Waals surface area (Å²) in [5, 5.41) is 10.9. The van der Waals surface area contributed by atoms with Gasteiger partial charge in [0.25, 0.3) is 5.91 Å². The first kappa shape index (κ1) is 16.6. The summed E-state index contributed by atoms with van der Waals surface area (Å²) in [7, 11) is 1.96. The molecule has 2 atom stereocenters. The number of para-hydroxylation sites is 1. The van der Waals surface area contributed by atoms with Gasteiger partial charge in [-0.2, -0.15) is 0 Å². The quantitative estimate of drug-likeness (QED) is 0.925. The Morgan fingerprint density at radius 2 is 1.88 bits per heavy atom. The molecule has 3 heterocycles. The van der Waals surface area contributed by atoms with Crippen molar-refractivity contribution in [1.29, 1.82) is 0 Å². The van der Waals surface area contributed by atoms with E-state index in [-0.39, 0.29) is 18.4 Å². The number of benzene rings is 1. The zero-order valence-electron chi connectivity index (χ0n) is 14.9. The first-order valence-electron chi connectivity index (χ1n) is 9.34. The van der Waals surface area contributed by atoms with Gasteiger partial charge in [0.15, 0.2) is 0 Å². The predicted molar refractivity (Wildman–Crippen MR) is 98.6 cm³/mol. The molecule has 134 valence electrons. The topological polar surface area (TPSA) is 48.7 Å². The maximum atomic E-state index is 13.1. The van der Waals surface area contributed by atoms with Gasteiger partial charge in [-0.05, 0) is 44.0 Å². The molecular weight excluding hydrogens is 314 g/mol. The van der Waals surface area contributed by atoms with Crippen LogP contribution in [0, 0.1) is 11.8 Å². The third kappa shape index (κ3) is 3.07. The van der Waals surface area contributed by atoms with Crippen LogP contribution in [0.4, 0.5) is 0 Å². The van der Waals surface area contributed by atoms with Crippen molar-refractivity contribution in [1.82, 2.24) is 14.4 Å². The molecule has 0 aliphatic carbocycles. The molecule has 0 radical (unpaired) electrons. The van der Waals surface area contributed by atoms with Crippen LogP contribution in [0.25, 0.3) is 10.9 Å². The highest BCUT2D eigenvalue weighted by Crippen LogP contribution is 2.28. The third-order valence-electron chi connectivity index (χ3n) is 5.96. The Kier molecular flexibility index (Phi) is 4.52. The Labute approximate surface area is 148 Å². The van der Waals surface area contributed by atoms with E-state index in [1.807, 2.05) is 46.8 Å². The van der Waals surface area contributed by atoms with Crippen LogP contribution in [0.2, 0.25) is 0 Å². The SMILES string of the molecule is Cn1c(C(=O)N2C[C@@H](CN3CCCC3)[C@@H](CO)C2)cc2ccccc21. The summed E-state index contributed by atoms with van der Waals surface area (Å²) in [6, 6.07) is 10.1. The number of aliphatic hydroxyl groups is 1. The van der Waals surface area contributed by atoms with E-state index in [9.17, 15) is 9.90 Å². The molecule has 1 N–H and O–H groups in total. The van der Waals surface area contributed by atoms with E-state index in [1.165, 1.54) is 12.8 Å². The summed E-state index contributed by atoms with van der Waals surface area (Å²) in [4.78, 5) is 17.5. The highest BCUT2D eigenvalue weighted by molar-refractivity contribution is 5.98. The van der Waals surface area contributed by atoms with E-state index in [0.717, 1.165) is 42.8 Å². The second kappa shape index (κ2) is 6.81. The number of likely N-dealkylation sites (tertiary alicyclic amines) is 2. The molecule has 0 spiro atoms. The van der Waals surface area contributed by atoms with Gasteiger partial charge in [-0.3, -0.25) is 4.79 Å². The van der Waals surface area contributed by atoms with E-state index in [4.69, 9.17) is 0 Å². The van der Waals surface area contributed by atoms with Crippen molar-refractivity contribution >= 4 is 16.8 Å². The Bertz CT molecular complexity index is 763. The zero-order valence-corrected chi connectivity index (χ0v) is 14.9. The van der Waals surface area contributed by atoms with Gasteiger partial charge < -0.3 is 19.5 Å². The molecule has 5 nitrogen and oxygen atoms in total. The molecule has 0 unspecified atom stereocenters. The van der Waals surface area contributed by atoms with Crippen LogP contribution in [-0.2, 0) is 7.05 Å². The van der Waals surface area contributed by atoms with E-state index < -0.39 is 0 Å². The number of fused-ring (bicyclic) bond motifs is 1. The Morgan fingerprint density at radius 1 is 1.16 bits per heavy atom. The minimum absolute atomic E-state index is 0.0843. The average molecular weight is 341 g/mol. The number of rotatable bonds is 4. The number of hydrogen-bond acceptors (Lipinski definition) is 3. The first-order valence-corrected chi connectivity index (χ1v) is 9.34. The molecule has 1 amide bonds. The lowest BCUT2D eigenvalue weighted by molar-refractivity contribution is 0.0770. The standard InChI is InChI=1S/C20H27N3O2/c1-21-18-7-3-2-6-15(18)10-19(21)20(25)23-12-16(17(13-23)14-24)11-22-8-4-5-9-22/h2-3,6-7,10,16-17,24H,4-5,8-9,11-14H2,1H3/t16-,17-/m1/s1.